The van der Waals surface area contributed by atoms with E-state index in [4.69, 9.17) is 0 Å². The topological polar surface area (TPSA) is 78.5 Å². The summed E-state index contributed by atoms with van der Waals surface area (Å²) in [5, 5.41) is 6.06. The fraction of sp³-hybridized carbons (Fsp3) is 0.276. The van der Waals surface area contributed by atoms with Gasteiger partial charge in [-0.1, -0.05) is 66.7 Å². The number of likely N-dealkylation sites (tertiary alicyclic amines) is 1. The highest BCUT2D eigenvalue weighted by molar-refractivity contribution is 5.98. The molecule has 3 aromatic carbocycles. The summed E-state index contributed by atoms with van der Waals surface area (Å²) in [7, 11) is 0. The van der Waals surface area contributed by atoms with Gasteiger partial charge >= 0.3 is 0 Å². The van der Waals surface area contributed by atoms with Crippen molar-refractivity contribution in [3.8, 4) is 0 Å². The van der Waals surface area contributed by atoms with E-state index in [0.29, 0.717) is 43.5 Å². The molecule has 1 heterocycles. The molecule has 1 fully saturated rings. The molecule has 3 amide bonds. The van der Waals surface area contributed by atoms with Crippen molar-refractivity contribution in [2.75, 3.05) is 13.1 Å². The maximum atomic E-state index is 13.5. The SMILES string of the molecule is Cc1ccccc1C(=O)NC1CCN(C(=O)C(Cc2ccccc2)NC(=O)c2ccccc2)CC1. The van der Waals surface area contributed by atoms with E-state index in [-0.39, 0.29) is 23.8 Å². The predicted octanol–water partition coefficient (Wildman–Crippen LogP) is 3.76. The first-order chi connectivity index (χ1) is 17.0. The second-order valence-electron chi connectivity index (χ2n) is 8.97. The van der Waals surface area contributed by atoms with Gasteiger partial charge in [-0.25, -0.2) is 0 Å². The minimum absolute atomic E-state index is 0.0117. The van der Waals surface area contributed by atoms with Crippen molar-refractivity contribution in [3.63, 3.8) is 0 Å². The first-order valence-electron chi connectivity index (χ1n) is 12.1. The van der Waals surface area contributed by atoms with Crippen LogP contribution in [-0.2, 0) is 11.2 Å². The Kier molecular flexibility index (Phi) is 7.93. The maximum Gasteiger partial charge on any atom is 0.251 e. The molecule has 0 bridgehead atoms. The Bertz CT molecular complexity index is 1160. The van der Waals surface area contributed by atoms with Gasteiger partial charge in [-0.3, -0.25) is 14.4 Å². The summed E-state index contributed by atoms with van der Waals surface area (Å²) in [5.74, 6) is -0.438. The predicted molar refractivity (Wildman–Crippen MR) is 136 cm³/mol. The van der Waals surface area contributed by atoms with E-state index in [1.54, 1.807) is 29.2 Å². The van der Waals surface area contributed by atoms with Crippen LogP contribution in [0.4, 0.5) is 0 Å². The van der Waals surface area contributed by atoms with Gasteiger partial charge in [0.1, 0.15) is 6.04 Å². The van der Waals surface area contributed by atoms with Crippen LogP contribution in [0.2, 0.25) is 0 Å². The van der Waals surface area contributed by atoms with E-state index in [1.165, 1.54) is 0 Å². The highest BCUT2D eigenvalue weighted by atomic mass is 16.2. The molecular weight excluding hydrogens is 438 g/mol. The lowest BCUT2D eigenvalue weighted by Gasteiger charge is -2.35. The zero-order chi connectivity index (χ0) is 24.6. The van der Waals surface area contributed by atoms with E-state index < -0.39 is 6.04 Å². The van der Waals surface area contributed by atoms with Gasteiger partial charge in [0.25, 0.3) is 11.8 Å². The lowest BCUT2D eigenvalue weighted by atomic mass is 10.00. The summed E-state index contributed by atoms with van der Waals surface area (Å²) in [6.45, 7) is 2.99. The van der Waals surface area contributed by atoms with Gasteiger partial charge in [0.2, 0.25) is 5.91 Å². The van der Waals surface area contributed by atoms with Crippen LogP contribution < -0.4 is 10.6 Å². The quantitative estimate of drug-likeness (QED) is 0.553. The Hall–Kier alpha value is -3.93. The Labute approximate surface area is 206 Å². The van der Waals surface area contributed by atoms with Crippen molar-refractivity contribution in [2.24, 2.45) is 0 Å². The Balaban J connectivity index is 1.39. The number of hydrogen-bond donors (Lipinski definition) is 2. The van der Waals surface area contributed by atoms with Gasteiger partial charge in [-0.15, -0.1) is 0 Å². The molecule has 3 aromatic rings. The molecule has 4 rings (SSSR count). The average Bonchev–Trinajstić information content (AvgIpc) is 2.89. The second kappa shape index (κ2) is 11.5. The van der Waals surface area contributed by atoms with Crippen molar-refractivity contribution in [3.05, 3.63) is 107 Å². The smallest absolute Gasteiger partial charge is 0.251 e. The zero-order valence-corrected chi connectivity index (χ0v) is 19.9. The summed E-state index contributed by atoms with van der Waals surface area (Å²) < 4.78 is 0. The first kappa shape index (κ1) is 24.2. The van der Waals surface area contributed by atoms with Crippen LogP contribution in [0, 0.1) is 6.92 Å². The summed E-state index contributed by atoms with van der Waals surface area (Å²) in [5.41, 5.74) is 3.13. The lowest BCUT2D eigenvalue weighted by Crippen LogP contribution is -2.53. The van der Waals surface area contributed by atoms with Crippen LogP contribution in [0.3, 0.4) is 0 Å². The van der Waals surface area contributed by atoms with Gasteiger partial charge in [0.15, 0.2) is 0 Å². The number of hydrogen-bond acceptors (Lipinski definition) is 3. The van der Waals surface area contributed by atoms with Crippen LogP contribution in [-0.4, -0.2) is 47.8 Å². The lowest BCUT2D eigenvalue weighted by molar-refractivity contribution is -0.134. The summed E-state index contributed by atoms with van der Waals surface area (Å²) >= 11 is 0. The van der Waals surface area contributed by atoms with Crippen molar-refractivity contribution in [1.82, 2.24) is 15.5 Å². The molecule has 0 aliphatic carbocycles. The molecule has 2 N–H and O–H groups in total. The highest BCUT2D eigenvalue weighted by Gasteiger charge is 2.30. The zero-order valence-electron chi connectivity index (χ0n) is 19.9. The molecule has 1 saturated heterocycles. The van der Waals surface area contributed by atoms with Crippen molar-refractivity contribution in [1.29, 1.82) is 0 Å². The van der Waals surface area contributed by atoms with Crippen LogP contribution >= 0.6 is 0 Å². The van der Waals surface area contributed by atoms with Crippen LogP contribution in [0.1, 0.15) is 44.7 Å². The molecule has 1 atom stereocenters. The number of carbonyl (C=O) groups is 3. The number of benzene rings is 3. The molecule has 0 saturated carbocycles. The molecule has 1 unspecified atom stereocenters. The minimum atomic E-state index is -0.664. The Morgan fingerprint density at radius 3 is 2.09 bits per heavy atom. The number of aryl methyl sites for hydroxylation is 1. The van der Waals surface area contributed by atoms with Gasteiger partial charge in [-0.05, 0) is 49.1 Å². The van der Waals surface area contributed by atoms with E-state index >= 15 is 0 Å². The molecule has 6 heteroatoms. The van der Waals surface area contributed by atoms with Crippen LogP contribution in [0.5, 0.6) is 0 Å². The number of nitrogens with zero attached hydrogens (tertiary/aromatic N) is 1. The number of amides is 3. The largest absolute Gasteiger partial charge is 0.349 e. The second-order valence-corrected chi connectivity index (χ2v) is 8.97. The average molecular weight is 470 g/mol. The van der Waals surface area contributed by atoms with Crippen LogP contribution in [0.25, 0.3) is 0 Å². The minimum Gasteiger partial charge on any atom is -0.349 e. The molecule has 6 nitrogen and oxygen atoms in total. The molecular formula is C29H31N3O3. The van der Waals surface area contributed by atoms with Gasteiger partial charge in [0, 0.05) is 36.7 Å². The molecule has 35 heavy (non-hydrogen) atoms. The molecule has 0 spiro atoms. The van der Waals surface area contributed by atoms with E-state index in [9.17, 15) is 14.4 Å². The summed E-state index contributed by atoms with van der Waals surface area (Å²) in [4.78, 5) is 40.8. The fourth-order valence-electron chi connectivity index (χ4n) is 4.44. The standard InChI is InChI=1S/C29H31N3O3/c1-21-10-8-9-15-25(21)28(34)30-24-16-18-32(19-17-24)29(35)26(20-22-11-4-2-5-12-22)31-27(33)23-13-6-3-7-14-23/h2-15,24,26H,16-20H2,1H3,(H,30,34)(H,31,33). The molecule has 0 radical (unpaired) electrons. The molecule has 0 aromatic heterocycles. The third-order valence-electron chi connectivity index (χ3n) is 6.45. The van der Waals surface area contributed by atoms with E-state index in [0.717, 1.165) is 11.1 Å². The maximum absolute atomic E-state index is 13.5. The van der Waals surface area contributed by atoms with Gasteiger partial charge in [0.05, 0.1) is 0 Å². The van der Waals surface area contributed by atoms with Gasteiger partial charge < -0.3 is 15.5 Å². The number of carbonyl (C=O) groups excluding carboxylic acids is 3. The van der Waals surface area contributed by atoms with E-state index in [1.807, 2.05) is 67.6 Å². The van der Waals surface area contributed by atoms with E-state index in [2.05, 4.69) is 10.6 Å². The third kappa shape index (κ3) is 6.35. The van der Waals surface area contributed by atoms with Crippen molar-refractivity contribution >= 4 is 17.7 Å². The number of rotatable bonds is 7. The molecule has 1 aliphatic heterocycles. The number of piperidine rings is 1. The normalized spacial score (nSPS) is 14.7. The summed E-state index contributed by atoms with van der Waals surface area (Å²) in [6.07, 6.45) is 1.77. The fourth-order valence-corrected chi connectivity index (χ4v) is 4.44. The van der Waals surface area contributed by atoms with Gasteiger partial charge in [-0.2, -0.15) is 0 Å². The van der Waals surface area contributed by atoms with Crippen molar-refractivity contribution in [2.45, 2.75) is 38.3 Å². The Morgan fingerprint density at radius 1 is 0.829 bits per heavy atom. The summed E-state index contributed by atoms with van der Waals surface area (Å²) in [6, 6.07) is 25.5. The highest BCUT2D eigenvalue weighted by Crippen LogP contribution is 2.16. The number of nitrogens with one attached hydrogen (secondary N) is 2. The molecule has 180 valence electrons. The molecule has 1 aliphatic rings. The van der Waals surface area contributed by atoms with Crippen molar-refractivity contribution < 1.29 is 14.4 Å². The van der Waals surface area contributed by atoms with Crippen LogP contribution in [0.15, 0.2) is 84.9 Å². The monoisotopic (exact) mass is 469 g/mol. The third-order valence-corrected chi connectivity index (χ3v) is 6.45. The first-order valence-corrected chi connectivity index (χ1v) is 12.1. The Morgan fingerprint density at radius 2 is 1.43 bits per heavy atom.